The molecule has 1 heterocycles. The highest BCUT2D eigenvalue weighted by atomic mass is 16.6. The third-order valence-corrected chi connectivity index (χ3v) is 2.55. The van der Waals surface area contributed by atoms with Crippen LogP contribution in [0.15, 0.2) is 12.3 Å². The van der Waals surface area contributed by atoms with E-state index in [1.807, 2.05) is 6.92 Å². The number of aromatic nitrogens is 1. The second-order valence-corrected chi connectivity index (χ2v) is 3.73. The van der Waals surface area contributed by atoms with E-state index in [0.717, 1.165) is 0 Å². The highest BCUT2D eigenvalue weighted by molar-refractivity contribution is 5.48. The van der Waals surface area contributed by atoms with E-state index in [0.29, 0.717) is 11.4 Å². The van der Waals surface area contributed by atoms with E-state index in [-0.39, 0.29) is 18.3 Å². The summed E-state index contributed by atoms with van der Waals surface area (Å²) in [6.07, 6.45) is 1.24. The van der Waals surface area contributed by atoms with E-state index in [1.54, 1.807) is 24.9 Å². The van der Waals surface area contributed by atoms with Crippen molar-refractivity contribution in [1.82, 2.24) is 4.98 Å². The SMILES string of the molecule is Cc1cc(N(C)C(C)CO)ncc1[N+](=O)[O-]. The van der Waals surface area contributed by atoms with Crippen LogP contribution in [0.1, 0.15) is 12.5 Å². The van der Waals surface area contributed by atoms with Crippen molar-refractivity contribution in [3.05, 3.63) is 27.9 Å². The summed E-state index contributed by atoms with van der Waals surface area (Å²) < 4.78 is 0. The number of aryl methyl sites for hydroxylation is 1. The first-order valence-electron chi connectivity index (χ1n) is 4.92. The number of hydrogen-bond acceptors (Lipinski definition) is 5. The smallest absolute Gasteiger partial charge is 0.290 e. The van der Waals surface area contributed by atoms with Gasteiger partial charge in [0.05, 0.1) is 17.6 Å². The van der Waals surface area contributed by atoms with E-state index in [4.69, 9.17) is 5.11 Å². The maximum Gasteiger partial charge on any atom is 0.290 e. The molecule has 0 fully saturated rings. The van der Waals surface area contributed by atoms with E-state index in [1.165, 1.54) is 6.20 Å². The monoisotopic (exact) mass is 225 g/mol. The Hall–Kier alpha value is -1.69. The molecule has 6 nitrogen and oxygen atoms in total. The van der Waals surface area contributed by atoms with Gasteiger partial charge < -0.3 is 10.0 Å². The molecule has 0 saturated carbocycles. The number of nitro groups is 1. The maximum atomic E-state index is 10.6. The number of likely N-dealkylation sites (N-methyl/N-ethyl adjacent to an activating group) is 1. The molecule has 0 aliphatic heterocycles. The highest BCUT2D eigenvalue weighted by Gasteiger charge is 2.15. The zero-order valence-corrected chi connectivity index (χ0v) is 9.54. The number of rotatable bonds is 4. The lowest BCUT2D eigenvalue weighted by Crippen LogP contribution is -2.32. The van der Waals surface area contributed by atoms with Gasteiger partial charge in [0.15, 0.2) is 0 Å². The van der Waals surface area contributed by atoms with Crippen LogP contribution in [-0.2, 0) is 0 Å². The molecule has 0 aliphatic rings. The Balaban J connectivity index is 3.01. The number of hydrogen-bond donors (Lipinski definition) is 1. The zero-order valence-electron chi connectivity index (χ0n) is 9.54. The van der Waals surface area contributed by atoms with Gasteiger partial charge in [-0.05, 0) is 19.9 Å². The lowest BCUT2D eigenvalue weighted by Gasteiger charge is -2.24. The van der Waals surface area contributed by atoms with Gasteiger partial charge >= 0.3 is 0 Å². The lowest BCUT2D eigenvalue weighted by molar-refractivity contribution is -0.385. The van der Waals surface area contributed by atoms with Crippen molar-refractivity contribution in [1.29, 1.82) is 0 Å². The molecule has 0 aliphatic carbocycles. The summed E-state index contributed by atoms with van der Waals surface area (Å²) in [4.78, 5) is 15.9. The molecule has 16 heavy (non-hydrogen) atoms. The van der Waals surface area contributed by atoms with Crippen LogP contribution in [0.4, 0.5) is 11.5 Å². The van der Waals surface area contributed by atoms with Crippen molar-refractivity contribution in [3.63, 3.8) is 0 Å². The number of pyridine rings is 1. The maximum absolute atomic E-state index is 10.6. The predicted molar refractivity (Wildman–Crippen MR) is 60.6 cm³/mol. The fourth-order valence-electron chi connectivity index (χ4n) is 1.27. The summed E-state index contributed by atoms with van der Waals surface area (Å²) in [5.74, 6) is 0.615. The number of anilines is 1. The molecule has 0 radical (unpaired) electrons. The third kappa shape index (κ3) is 2.46. The predicted octanol–water partition coefficient (Wildman–Crippen LogP) is 1.12. The molecule has 1 aromatic heterocycles. The summed E-state index contributed by atoms with van der Waals surface area (Å²) >= 11 is 0. The van der Waals surface area contributed by atoms with E-state index in [2.05, 4.69) is 4.98 Å². The van der Waals surface area contributed by atoms with Crippen LogP contribution in [0.25, 0.3) is 0 Å². The zero-order chi connectivity index (χ0) is 12.3. The summed E-state index contributed by atoms with van der Waals surface area (Å²) in [6, 6.07) is 1.57. The molecule has 1 N–H and O–H groups in total. The number of aliphatic hydroxyl groups is 1. The summed E-state index contributed by atoms with van der Waals surface area (Å²) in [6.45, 7) is 3.52. The summed E-state index contributed by atoms with van der Waals surface area (Å²) in [7, 11) is 1.79. The van der Waals surface area contributed by atoms with Crippen molar-refractivity contribution >= 4 is 11.5 Å². The van der Waals surface area contributed by atoms with Crippen LogP contribution in [0.2, 0.25) is 0 Å². The van der Waals surface area contributed by atoms with Gasteiger partial charge in [0, 0.05) is 12.6 Å². The third-order valence-electron chi connectivity index (χ3n) is 2.55. The van der Waals surface area contributed by atoms with E-state index >= 15 is 0 Å². The lowest BCUT2D eigenvalue weighted by atomic mass is 10.2. The molecule has 1 unspecified atom stereocenters. The topological polar surface area (TPSA) is 79.5 Å². The summed E-state index contributed by atoms with van der Waals surface area (Å²) in [5.41, 5.74) is 0.570. The first-order valence-corrected chi connectivity index (χ1v) is 4.92. The van der Waals surface area contributed by atoms with Crippen LogP contribution in [0, 0.1) is 17.0 Å². The fraction of sp³-hybridized carbons (Fsp3) is 0.500. The first-order chi connectivity index (χ1) is 7.47. The Morgan fingerprint density at radius 3 is 2.75 bits per heavy atom. The second-order valence-electron chi connectivity index (χ2n) is 3.73. The van der Waals surface area contributed by atoms with Gasteiger partial charge in [-0.1, -0.05) is 0 Å². The minimum atomic E-state index is -0.457. The standard InChI is InChI=1S/C10H15N3O3/c1-7-4-10(12(3)8(2)6-14)11-5-9(7)13(15)16/h4-5,8,14H,6H2,1-3H3. The highest BCUT2D eigenvalue weighted by Crippen LogP contribution is 2.21. The number of aliphatic hydroxyl groups excluding tert-OH is 1. The minimum Gasteiger partial charge on any atom is -0.394 e. The Morgan fingerprint density at radius 1 is 1.69 bits per heavy atom. The van der Waals surface area contributed by atoms with Crippen LogP contribution in [0.3, 0.4) is 0 Å². The van der Waals surface area contributed by atoms with Crippen molar-refractivity contribution in [2.24, 2.45) is 0 Å². The normalized spacial score (nSPS) is 12.2. The minimum absolute atomic E-state index is 0.00815. The number of nitrogens with zero attached hydrogens (tertiary/aromatic N) is 3. The molecule has 0 spiro atoms. The molecule has 88 valence electrons. The van der Waals surface area contributed by atoms with Crippen LogP contribution >= 0.6 is 0 Å². The van der Waals surface area contributed by atoms with E-state index in [9.17, 15) is 10.1 Å². The largest absolute Gasteiger partial charge is 0.394 e. The Morgan fingerprint density at radius 2 is 2.31 bits per heavy atom. The van der Waals surface area contributed by atoms with Crippen molar-refractivity contribution in [2.45, 2.75) is 19.9 Å². The molecule has 1 atom stereocenters. The molecule has 0 amide bonds. The van der Waals surface area contributed by atoms with Gasteiger partial charge in [-0.15, -0.1) is 0 Å². The van der Waals surface area contributed by atoms with Crippen LogP contribution in [-0.4, -0.2) is 34.7 Å². The molecule has 1 rings (SSSR count). The van der Waals surface area contributed by atoms with Crippen LogP contribution < -0.4 is 4.90 Å². The average Bonchev–Trinajstić information content (AvgIpc) is 2.26. The van der Waals surface area contributed by atoms with Crippen molar-refractivity contribution in [2.75, 3.05) is 18.6 Å². The van der Waals surface area contributed by atoms with Gasteiger partial charge in [-0.2, -0.15) is 0 Å². The van der Waals surface area contributed by atoms with Crippen molar-refractivity contribution < 1.29 is 10.0 Å². The fourth-order valence-corrected chi connectivity index (χ4v) is 1.27. The molecule has 0 bridgehead atoms. The van der Waals surface area contributed by atoms with Gasteiger partial charge in [-0.25, -0.2) is 4.98 Å². The molecular formula is C10H15N3O3. The molecule has 6 heteroatoms. The quantitative estimate of drug-likeness (QED) is 0.613. The Kier molecular flexibility index (Phi) is 3.78. The average molecular weight is 225 g/mol. The summed E-state index contributed by atoms with van der Waals surface area (Å²) in [5, 5.41) is 19.6. The van der Waals surface area contributed by atoms with Gasteiger partial charge in [0.1, 0.15) is 12.0 Å². The van der Waals surface area contributed by atoms with Crippen LogP contribution in [0.5, 0.6) is 0 Å². The van der Waals surface area contributed by atoms with Crippen molar-refractivity contribution in [3.8, 4) is 0 Å². The van der Waals surface area contributed by atoms with Gasteiger partial charge in [0.25, 0.3) is 5.69 Å². The molecule has 0 aromatic carbocycles. The molecule has 0 saturated heterocycles. The first kappa shape index (κ1) is 12.4. The van der Waals surface area contributed by atoms with Gasteiger partial charge in [-0.3, -0.25) is 10.1 Å². The van der Waals surface area contributed by atoms with E-state index < -0.39 is 4.92 Å². The molecular weight excluding hydrogens is 210 g/mol. The Labute approximate surface area is 93.7 Å². The van der Waals surface area contributed by atoms with Gasteiger partial charge in [0.2, 0.25) is 0 Å². The molecule has 1 aromatic rings. The second kappa shape index (κ2) is 4.89. The Bertz CT molecular complexity index is 395.